The average Bonchev–Trinajstić information content (AvgIpc) is 2.35. The second kappa shape index (κ2) is 5.40. The summed E-state index contributed by atoms with van der Waals surface area (Å²) in [5, 5.41) is 0. The molecule has 18 heavy (non-hydrogen) atoms. The van der Waals surface area contributed by atoms with E-state index in [1.807, 2.05) is 0 Å². The van der Waals surface area contributed by atoms with Gasteiger partial charge in [0.25, 0.3) is 0 Å². The maximum Gasteiger partial charge on any atom is 0.150 e. The third kappa shape index (κ3) is 2.91. The van der Waals surface area contributed by atoms with Gasteiger partial charge >= 0.3 is 0 Å². The molecule has 0 spiro atoms. The molecule has 2 aromatic rings. The van der Waals surface area contributed by atoms with Gasteiger partial charge in [-0.1, -0.05) is 24.3 Å². The van der Waals surface area contributed by atoms with Crippen LogP contribution < -0.4 is 4.74 Å². The lowest BCUT2D eigenvalue weighted by Crippen LogP contribution is -2.00. The number of carbonyl (C=O) groups excluding carboxylic acids is 1. The first-order valence-corrected chi connectivity index (χ1v) is 5.31. The molecule has 0 unspecified atom stereocenters. The van der Waals surface area contributed by atoms with Crippen LogP contribution in [-0.4, -0.2) is 6.29 Å². The topological polar surface area (TPSA) is 26.3 Å². The van der Waals surface area contributed by atoms with E-state index in [2.05, 4.69) is 0 Å². The van der Waals surface area contributed by atoms with Gasteiger partial charge in [0.1, 0.15) is 30.3 Å². The van der Waals surface area contributed by atoms with E-state index < -0.39 is 11.6 Å². The van der Waals surface area contributed by atoms with Gasteiger partial charge in [-0.25, -0.2) is 8.78 Å². The molecule has 0 bridgehead atoms. The van der Waals surface area contributed by atoms with Gasteiger partial charge in [-0.05, 0) is 5.56 Å². The third-order valence-corrected chi connectivity index (χ3v) is 2.41. The molecule has 0 aliphatic rings. The minimum atomic E-state index is -0.700. The normalized spacial score (nSPS) is 10.1. The summed E-state index contributed by atoms with van der Waals surface area (Å²) >= 11 is 0. The zero-order chi connectivity index (χ0) is 13.0. The minimum Gasteiger partial charge on any atom is -0.489 e. The van der Waals surface area contributed by atoms with Crippen molar-refractivity contribution in [1.29, 1.82) is 0 Å². The summed E-state index contributed by atoms with van der Waals surface area (Å²) in [6.45, 7) is 0.0812. The van der Waals surface area contributed by atoms with Crippen LogP contribution in [0.25, 0.3) is 0 Å². The van der Waals surface area contributed by atoms with Gasteiger partial charge in [-0.2, -0.15) is 0 Å². The molecular weight excluding hydrogens is 238 g/mol. The zero-order valence-corrected chi connectivity index (χ0v) is 9.40. The molecule has 0 fully saturated rings. The Balaban J connectivity index is 2.13. The van der Waals surface area contributed by atoms with Gasteiger partial charge in [-0.15, -0.1) is 0 Å². The molecule has 0 aliphatic heterocycles. The molecule has 0 radical (unpaired) electrons. The highest BCUT2D eigenvalue weighted by atomic mass is 19.1. The first-order valence-electron chi connectivity index (χ1n) is 5.31. The minimum absolute atomic E-state index is 0.0812. The molecule has 92 valence electrons. The summed E-state index contributed by atoms with van der Waals surface area (Å²) in [6.07, 6.45) is 0.713. The van der Waals surface area contributed by atoms with Crippen LogP contribution >= 0.6 is 0 Å². The van der Waals surface area contributed by atoms with Gasteiger partial charge in [0.05, 0.1) is 0 Å². The van der Waals surface area contributed by atoms with Crippen molar-refractivity contribution in [2.24, 2.45) is 0 Å². The Labute approximate surface area is 103 Å². The van der Waals surface area contributed by atoms with Crippen molar-refractivity contribution in [2.45, 2.75) is 6.61 Å². The number of ether oxygens (including phenoxy) is 1. The molecule has 0 saturated carbocycles. The lowest BCUT2D eigenvalue weighted by atomic mass is 10.1. The highest BCUT2D eigenvalue weighted by molar-refractivity contribution is 5.77. The van der Waals surface area contributed by atoms with Crippen molar-refractivity contribution in [3.8, 4) is 5.75 Å². The Morgan fingerprint density at radius 2 is 1.72 bits per heavy atom. The largest absolute Gasteiger partial charge is 0.489 e. The highest BCUT2D eigenvalue weighted by Gasteiger charge is 2.04. The summed E-state index contributed by atoms with van der Waals surface area (Å²) in [5.41, 5.74) is 1.16. The number of hydrogen-bond donors (Lipinski definition) is 0. The third-order valence-electron chi connectivity index (χ3n) is 2.41. The highest BCUT2D eigenvalue weighted by Crippen LogP contribution is 2.17. The molecule has 4 heteroatoms. The molecule has 2 nitrogen and oxygen atoms in total. The van der Waals surface area contributed by atoms with E-state index >= 15 is 0 Å². The van der Waals surface area contributed by atoms with Crippen LogP contribution in [0.3, 0.4) is 0 Å². The van der Waals surface area contributed by atoms with E-state index in [9.17, 15) is 13.6 Å². The van der Waals surface area contributed by atoms with E-state index in [4.69, 9.17) is 4.74 Å². The van der Waals surface area contributed by atoms with Crippen LogP contribution in [-0.2, 0) is 6.61 Å². The Hall–Kier alpha value is -2.23. The smallest absolute Gasteiger partial charge is 0.150 e. The van der Waals surface area contributed by atoms with Crippen LogP contribution in [0, 0.1) is 11.6 Å². The maximum absolute atomic E-state index is 12.9. The predicted octanol–water partition coefficient (Wildman–Crippen LogP) is 3.36. The van der Waals surface area contributed by atoms with E-state index in [0.717, 1.165) is 18.2 Å². The lowest BCUT2D eigenvalue weighted by Gasteiger charge is -2.08. The van der Waals surface area contributed by atoms with Gasteiger partial charge in [0, 0.05) is 23.8 Å². The molecule has 0 aliphatic carbocycles. The molecule has 0 saturated heterocycles. The zero-order valence-electron chi connectivity index (χ0n) is 9.40. The van der Waals surface area contributed by atoms with Gasteiger partial charge < -0.3 is 4.74 Å². The molecule has 0 amide bonds. The number of aldehydes is 1. The van der Waals surface area contributed by atoms with E-state index in [0.29, 0.717) is 17.4 Å². The molecule has 2 aromatic carbocycles. The average molecular weight is 248 g/mol. The van der Waals surface area contributed by atoms with Crippen molar-refractivity contribution >= 4 is 6.29 Å². The van der Waals surface area contributed by atoms with Crippen LogP contribution in [0.15, 0.2) is 42.5 Å². The molecule has 2 rings (SSSR count). The number of hydrogen-bond acceptors (Lipinski definition) is 2. The Kier molecular flexibility index (Phi) is 3.67. The number of rotatable bonds is 4. The fraction of sp³-hybridized carbons (Fsp3) is 0.0714. The van der Waals surface area contributed by atoms with Crippen molar-refractivity contribution < 1.29 is 18.3 Å². The van der Waals surface area contributed by atoms with E-state index in [-0.39, 0.29) is 12.4 Å². The maximum atomic E-state index is 12.9. The number of benzene rings is 2. The SMILES string of the molecule is O=Cc1ccccc1COc1cc(F)cc(F)c1. The van der Waals surface area contributed by atoms with Crippen molar-refractivity contribution in [1.82, 2.24) is 0 Å². The molecule has 0 heterocycles. The second-order valence-electron chi connectivity index (χ2n) is 3.71. The van der Waals surface area contributed by atoms with Crippen LogP contribution in [0.1, 0.15) is 15.9 Å². The van der Waals surface area contributed by atoms with E-state index in [1.165, 1.54) is 0 Å². The fourth-order valence-corrected chi connectivity index (χ4v) is 1.55. The Morgan fingerprint density at radius 1 is 1.06 bits per heavy atom. The summed E-state index contributed by atoms with van der Waals surface area (Å²) in [7, 11) is 0. The number of halogens is 2. The summed E-state index contributed by atoms with van der Waals surface area (Å²) in [6, 6.07) is 9.82. The monoisotopic (exact) mass is 248 g/mol. The summed E-state index contributed by atoms with van der Waals surface area (Å²) < 4.78 is 31.1. The quantitative estimate of drug-likeness (QED) is 0.775. The van der Waals surface area contributed by atoms with Crippen molar-refractivity contribution in [3.63, 3.8) is 0 Å². The van der Waals surface area contributed by atoms with Crippen LogP contribution in [0.5, 0.6) is 5.75 Å². The standard InChI is InChI=1S/C14H10F2O2/c15-12-5-13(16)7-14(6-12)18-9-11-4-2-1-3-10(11)8-17/h1-8H,9H2. The van der Waals surface area contributed by atoms with Crippen LogP contribution in [0.2, 0.25) is 0 Å². The molecular formula is C14H10F2O2. The molecule has 0 atom stereocenters. The Bertz CT molecular complexity index is 547. The van der Waals surface area contributed by atoms with Gasteiger partial charge in [-0.3, -0.25) is 4.79 Å². The molecule has 0 N–H and O–H groups in total. The second-order valence-corrected chi connectivity index (χ2v) is 3.71. The molecule has 0 aromatic heterocycles. The number of carbonyl (C=O) groups is 1. The van der Waals surface area contributed by atoms with E-state index in [1.54, 1.807) is 24.3 Å². The first kappa shape index (κ1) is 12.2. The van der Waals surface area contributed by atoms with Crippen LogP contribution in [0.4, 0.5) is 8.78 Å². The lowest BCUT2D eigenvalue weighted by molar-refractivity contribution is 0.112. The Morgan fingerprint density at radius 3 is 2.39 bits per heavy atom. The van der Waals surface area contributed by atoms with Crippen molar-refractivity contribution in [3.05, 3.63) is 65.2 Å². The van der Waals surface area contributed by atoms with Crippen molar-refractivity contribution in [2.75, 3.05) is 0 Å². The van der Waals surface area contributed by atoms with Gasteiger partial charge in [0.2, 0.25) is 0 Å². The fourth-order valence-electron chi connectivity index (χ4n) is 1.55. The van der Waals surface area contributed by atoms with Gasteiger partial charge in [0.15, 0.2) is 0 Å². The first-order chi connectivity index (χ1) is 8.69. The predicted molar refractivity (Wildman–Crippen MR) is 62.5 cm³/mol. The summed E-state index contributed by atoms with van der Waals surface area (Å²) in [4.78, 5) is 10.8. The summed E-state index contributed by atoms with van der Waals surface area (Å²) in [5.74, 6) is -1.31.